The Morgan fingerprint density at radius 1 is 1.33 bits per heavy atom. The standard InChI is InChI=1S/C19H18N2O3/c1-2-13-8-9-14-5-3-6-15(16(14)11-13)12-20-19(24)21-10-4-7-17(21)18(22)23/h1,3,5-6,8-9,11,17H,4,7,10,12H2,(H,20,24)(H,22,23)/t17-/m0/s1. The van der Waals surface area contributed by atoms with Gasteiger partial charge in [-0.3, -0.25) is 0 Å². The van der Waals surface area contributed by atoms with Crippen LogP contribution in [0.1, 0.15) is 24.0 Å². The number of carbonyl (C=O) groups excluding carboxylic acids is 1. The van der Waals surface area contributed by atoms with Gasteiger partial charge in [-0.1, -0.05) is 30.2 Å². The van der Waals surface area contributed by atoms with Crippen molar-refractivity contribution in [2.75, 3.05) is 6.54 Å². The van der Waals surface area contributed by atoms with E-state index in [1.807, 2.05) is 36.4 Å². The SMILES string of the molecule is C#Cc1ccc2cccc(CNC(=O)N3CCC[C@H]3C(=O)O)c2c1. The lowest BCUT2D eigenvalue weighted by molar-refractivity contribution is -0.141. The van der Waals surface area contributed by atoms with Crippen molar-refractivity contribution < 1.29 is 14.7 Å². The Morgan fingerprint density at radius 3 is 2.92 bits per heavy atom. The summed E-state index contributed by atoms with van der Waals surface area (Å²) >= 11 is 0. The van der Waals surface area contributed by atoms with Gasteiger partial charge in [0.05, 0.1) is 0 Å². The lowest BCUT2D eigenvalue weighted by Gasteiger charge is -2.22. The van der Waals surface area contributed by atoms with Crippen molar-refractivity contribution in [1.82, 2.24) is 10.2 Å². The number of hydrogen-bond donors (Lipinski definition) is 2. The maximum Gasteiger partial charge on any atom is 0.326 e. The van der Waals surface area contributed by atoms with Crippen molar-refractivity contribution in [3.63, 3.8) is 0 Å². The lowest BCUT2D eigenvalue weighted by Crippen LogP contribution is -2.45. The van der Waals surface area contributed by atoms with E-state index in [-0.39, 0.29) is 6.03 Å². The van der Waals surface area contributed by atoms with Crippen LogP contribution in [0.15, 0.2) is 36.4 Å². The lowest BCUT2D eigenvalue weighted by atomic mass is 10.0. The molecule has 1 fully saturated rings. The fraction of sp³-hybridized carbons (Fsp3) is 0.263. The summed E-state index contributed by atoms with van der Waals surface area (Å²) in [4.78, 5) is 24.9. The first-order chi connectivity index (χ1) is 11.6. The van der Waals surface area contributed by atoms with E-state index in [1.165, 1.54) is 4.90 Å². The van der Waals surface area contributed by atoms with Gasteiger partial charge < -0.3 is 15.3 Å². The number of aliphatic carboxylic acids is 1. The minimum Gasteiger partial charge on any atom is -0.480 e. The molecule has 5 nitrogen and oxygen atoms in total. The molecule has 3 rings (SSSR count). The summed E-state index contributed by atoms with van der Waals surface area (Å²) in [5, 5.41) is 14.0. The average Bonchev–Trinajstić information content (AvgIpc) is 3.09. The molecule has 1 atom stereocenters. The minimum atomic E-state index is -0.952. The number of nitrogens with one attached hydrogen (secondary N) is 1. The topological polar surface area (TPSA) is 69.6 Å². The zero-order valence-corrected chi connectivity index (χ0v) is 13.2. The Balaban J connectivity index is 1.77. The molecule has 122 valence electrons. The van der Waals surface area contributed by atoms with Crippen molar-refractivity contribution in [2.24, 2.45) is 0 Å². The van der Waals surface area contributed by atoms with Crippen LogP contribution >= 0.6 is 0 Å². The van der Waals surface area contributed by atoms with E-state index in [1.54, 1.807) is 0 Å². The van der Waals surface area contributed by atoms with Gasteiger partial charge in [-0.25, -0.2) is 9.59 Å². The molecule has 1 aliphatic heterocycles. The molecule has 2 aromatic carbocycles. The van der Waals surface area contributed by atoms with Gasteiger partial charge in [0.15, 0.2) is 0 Å². The summed E-state index contributed by atoms with van der Waals surface area (Å²) in [6, 6.07) is 10.5. The van der Waals surface area contributed by atoms with E-state index in [0.717, 1.165) is 21.9 Å². The third-order valence-corrected chi connectivity index (χ3v) is 4.37. The molecule has 24 heavy (non-hydrogen) atoms. The summed E-state index contributed by atoms with van der Waals surface area (Å²) in [5.41, 5.74) is 1.73. The van der Waals surface area contributed by atoms with Gasteiger partial charge in [-0.05, 0) is 41.3 Å². The van der Waals surface area contributed by atoms with E-state index >= 15 is 0 Å². The number of amides is 2. The van der Waals surface area contributed by atoms with Gasteiger partial charge in [0.25, 0.3) is 0 Å². The fourth-order valence-electron chi connectivity index (χ4n) is 3.12. The summed E-state index contributed by atoms with van der Waals surface area (Å²) in [6.45, 7) is 0.798. The maximum absolute atomic E-state index is 12.3. The Labute approximate surface area is 140 Å². The van der Waals surface area contributed by atoms with Crippen LogP contribution in [0.25, 0.3) is 10.8 Å². The first-order valence-corrected chi connectivity index (χ1v) is 7.85. The number of terminal acetylenes is 1. The minimum absolute atomic E-state index is 0.326. The number of fused-ring (bicyclic) bond motifs is 1. The monoisotopic (exact) mass is 322 g/mol. The van der Waals surface area contributed by atoms with Crippen LogP contribution in [-0.4, -0.2) is 34.6 Å². The summed E-state index contributed by atoms with van der Waals surface area (Å²) in [5.74, 6) is 1.66. The van der Waals surface area contributed by atoms with E-state index in [9.17, 15) is 14.7 Å². The third kappa shape index (κ3) is 3.04. The Bertz CT molecular complexity index is 838. The molecular formula is C19H18N2O3. The third-order valence-electron chi connectivity index (χ3n) is 4.37. The molecule has 2 N–H and O–H groups in total. The second kappa shape index (κ2) is 6.63. The molecule has 0 unspecified atom stereocenters. The number of carboxylic acids is 1. The van der Waals surface area contributed by atoms with Crippen LogP contribution in [0.2, 0.25) is 0 Å². The smallest absolute Gasteiger partial charge is 0.326 e. The first kappa shape index (κ1) is 15.9. The molecule has 1 saturated heterocycles. The van der Waals surface area contributed by atoms with E-state index < -0.39 is 12.0 Å². The van der Waals surface area contributed by atoms with Crippen molar-refractivity contribution in [2.45, 2.75) is 25.4 Å². The molecule has 0 bridgehead atoms. The predicted molar refractivity (Wildman–Crippen MR) is 91.5 cm³/mol. The number of nitrogens with zero attached hydrogens (tertiary/aromatic N) is 1. The highest BCUT2D eigenvalue weighted by Gasteiger charge is 2.33. The fourth-order valence-corrected chi connectivity index (χ4v) is 3.12. The molecule has 1 aliphatic rings. The van der Waals surface area contributed by atoms with E-state index in [4.69, 9.17) is 6.42 Å². The maximum atomic E-state index is 12.3. The van der Waals surface area contributed by atoms with Gasteiger partial charge in [-0.2, -0.15) is 0 Å². The van der Waals surface area contributed by atoms with Crippen LogP contribution in [-0.2, 0) is 11.3 Å². The number of benzene rings is 2. The van der Waals surface area contributed by atoms with Crippen molar-refractivity contribution in [1.29, 1.82) is 0 Å². The number of likely N-dealkylation sites (tertiary alicyclic amines) is 1. The summed E-state index contributed by atoms with van der Waals surface area (Å²) in [7, 11) is 0. The zero-order chi connectivity index (χ0) is 17.1. The highest BCUT2D eigenvalue weighted by atomic mass is 16.4. The Morgan fingerprint density at radius 2 is 2.17 bits per heavy atom. The first-order valence-electron chi connectivity index (χ1n) is 7.85. The number of carboxylic acid groups (broad SMARTS) is 1. The van der Waals surface area contributed by atoms with Crippen LogP contribution in [0, 0.1) is 12.3 Å². The average molecular weight is 322 g/mol. The normalized spacial score (nSPS) is 16.8. The molecule has 2 amide bonds. The highest BCUT2D eigenvalue weighted by molar-refractivity contribution is 5.88. The molecule has 0 radical (unpaired) electrons. The molecule has 2 aromatic rings. The number of urea groups is 1. The van der Waals surface area contributed by atoms with Gasteiger partial charge in [0.1, 0.15) is 6.04 Å². The highest BCUT2D eigenvalue weighted by Crippen LogP contribution is 2.21. The largest absolute Gasteiger partial charge is 0.480 e. The molecule has 0 spiro atoms. The zero-order valence-electron chi connectivity index (χ0n) is 13.2. The molecule has 0 saturated carbocycles. The number of hydrogen-bond acceptors (Lipinski definition) is 2. The van der Waals surface area contributed by atoms with Gasteiger partial charge in [0.2, 0.25) is 0 Å². The second-order valence-electron chi connectivity index (χ2n) is 5.85. The molecule has 0 aliphatic carbocycles. The second-order valence-corrected chi connectivity index (χ2v) is 5.85. The molecule has 5 heteroatoms. The van der Waals surface area contributed by atoms with Crippen LogP contribution < -0.4 is 5.32 Å². The van der Waals surface area contributed by atoms with Crippen molar-refractivity contribution in [3.8, 4) is 12.3 Å². The Kier molecular flexibility index (Phi) is 4.39. The van der Waals surface area contributed by atoms with Crippen molar-refractivity contribution in [3.05, 3.63) is 47.5 Å². The van der Waals surface area contributed by atoms with E-state index in [0.29, 0.717) is 25.9 Å². The van der Waals surface area contributed by atoms with Gasteiger partial charge in [0, 0.05) is 18.7 Å². The Hall–Kier alpha value is -3.00. The predicted octanol–water partition coefficient (Wildman–Crippen LogP) is 2.58. The number of rotatable bonds is 3. The van der Waals surface area contributed by atoms with Gasteiger partial charge >= 0.3 is 12.0 Å². The quantitative estimate of drug-likeness (QED) is 0.853. The molecular weight excluding hydrogens is 304 g/mol. The van der Waals surface area contributed by atoms with Crippen molar-refractivity contribution >= 4 is 22.8 Å². The summed E-state index contributed by atoms with van der Waals surface area (Å²) in [6.07, 6.45) is 6.67. The van der Waals surface area contributed by atoms with Crippen LogP contribution in [0.4, 0.5) is 4.79 Å². The van der Waals surface area contributed by atoms with Gasteiger partial charge in [-0.15, -0.1) is 6.42 Å². The molecule has 1 heterocycles. The van der Waals surface area contributed by atoms with E-state index in [2.05, 4.69) is 11.2 Å². The summed E-state index contributed by atoms with van der Waals surface area (Å²) < 4.78 is 0. The number of carbonyl (C=O) groups is 2. The molecule has 0 aromatic heterocycles. The van der Waals surface area contributed by atoms with Crippen LogP contribution in [0.3, 0.4) is 0 Å². The van der Waals surface area contributed by atoms with Crippen LogP contribution in [0.5, 0.6) is 0 Å².